The Labute approximate surface area is 106 Å². The van der Waals surface area contributed by atoms with Crippen LogP contribution in [0, 0.1) is 10.1 Å². The highest BCUT2D eigenvalue weighted by molar-refractivity contribution is 5.91. The first-order valence-electron chi connectivity index (χ1n) is 5.84. The highest BCUT2D eigenvalue weighted by Gasteiger charge is 2.03. The van der Waals surface area contributed by atoms with Gasteiger partial charge in [0.15, 0.2) is 0 Å². The molecule has 0 heterocycles. The number of non-ortho nitro benzene ring substituents is 1. The smallest absolute Gasteiger partial charge is 0.270 e. The number of hydrogen-bond acceptors (Lipinski definition) is 3. The number of amides is 1. The number of unbranched alkanes of at least 4 members (excludes halogenated alkanes) is 1. The van der Waals surface area contributed by atoms with Crippen molar-refractivity contribution < 1.29 is 9.72 Å². The molecule has 1 rings (SSSR count). The van der Waals surface area contributed by atoms with Crippen LogP contribution in [0.25, 0.3) is 6.08 Å². The van der Waals surface area contributed by atoms with Crippen LogP contribution in [0.1, 0.15) is 25.3 Å². The van der Waals surface area contributed by atoms with E-state index in [1.165, 1.54) is 18.2 Å². The van der Waals surface area contributed by atoms with Crippen LogP contribution < -0.4 is 5.32 Å². The SMILES string of the molecule is CCCCNC(=O)C=Cc1cccc([N+](=O)[O-])c1. The van der Waals surface area contributed by atoms with Gasteiger partial charge in [-0.1, -0.05) is 25.5 Å². The molecule has 0 bridgehead atoms. The molecule has 0 saturated carbocycles. The van der Waals surface area contributed by atoms with Gasteiger partial charge in [-0.05, 0) is 18.1 Å². The van der Waals surface area contributed by atoms with Gasteiger partial charge in [0.2, 0.25) is 5.91 Å². The highest BCUT2D eigenvalue weighted by atomic mass is 16.6. The topological polar surface area (TPSA) is 72.2 Å². The van der Waals surface area contributed by atoms with Crippen molar-refractivity contribution in [1.29, 1.82) is 0 Å². The van der Waals surface area contributed by atoms with Gasteiger partial charge in [0.25, 0.3) is 5.69 Å². The van der Waals surface area contributed by atoms with Crippen LogP contribution in [0.2, 0.25) is 0 Å². The van der Waals surface area contributed by atoms with Crippen LogP contribution in [0.5, 0.6) is 0 Å². The van der Waals surface area contributed by atoms with Crippen LogP contribution in [0.3, 0.4) is 0 Å². The Morgan fingerprint density at radius 2 is 2.28 bits per heavy atom. The fraction of sp³-hybridized carbons (Fsp3) is 0.308. The molecular formula is C13H16N2O3. The maximum atomic E-state index is 11.4. The fourth-order valence-corrected chi connectivity index (χ4v) is 1.36. The van der Waals surface area contributed by atoms with Crippen LogP contribution >= 0.6 is 0 Å². The molecule has 96 valence electrons. The van der Waals surface area contributed by atoms with Gasteiger partial charge >= 0.3 is 0 Å². The number of nitro groups is 1. The third kappa shape index (κ3) is 4.78. The Hall–Kier alpha value is -2.17. The number of hydrogen-bond donors (Lipinski definition) is 1. The summed E-state index contributed by atoms with van der Waals surface area (Å²) in [5.41, 5.74) is 0.651. The Kier molecular flexibility index (Phi) is 5.57. The quantitative estimate of drug-likeness (QED) is 0.364. The largest absolute Gasteiger partial charge is 0.353 e. The van der Waals surface area contributed by atoms with Crippen molar-refractivity contribution in [3.05, 3.63) is 46.0 Å². The molecule has 0 aliphatic rings. The van der Waals surface area contributed by atoms with Gasteiger partial charge in [-0.2, -0.15) is 0 Å². The lowest BCUT2D eigenvalue weighted by Gasteiger charge is -1.99. The van der Waals surface area contributed by atoms with Gasteiger partial charge in [-0.25, -0.2) is 0 Å². The summed E-state index contributed by atoms with van der Waals surface area (Å²) in [6.45, 7) is 2.69. The minimum Gasteiger partial charge on any atom is -0.353 e. The van der Waals surface area contributed by atoms with Gasteiger partial charge in [0.05, 0.1) is 4.92 Å². The van der Waals surface area contributed by atoms with E-state index in [9.17, 15) is 14.9 Å². The minimum atomic E-state index is -0.460. The van der Waals surface area contributed by atoms with Crippen molar-refractivity contribution in [1.82, 2.24) is 5.32 Å². The van der Waals surface area contributed by atoms with Gasteiger partial charge in [-0.3, -0.25) is 14.9 Å². The zero-order valence-corrected chi connectivity index (χ0v) is 10.3. The normalized spacial score (nSPS) is 10.5. The Bertz CT molecular complexity index is 455. The van der Waals surface area contributed by atoms with Crippen molar-refractivity contribution in [2.75, 3.05) is 6.54 Å². The lowest BCUT2D eigenvalue weighted by Crippen LogP contribution is -2.21. The first-order valence-corrected chi connectivity index (χ1v) is 5.84. The summed E-state index contributed by atoms with van der Waals surface area (Å²) in [6, 6.07) is 6.14. The van der Waals surface area contributed by atoms with Gasteiger partial charge in [0.1, 0.15) is 0 Å². The average Bonchev–Trinajstić information content (AvgIpc) is 2.37. The standard InChI is InChI=1S/C13H16N2O3/c1-2-3-9-14-13(16)8-7-11-5-4-6-12(10-11)15(17)18/h4-8,10H,2-3,9H2,1H3,(H,14,16). The number of nitrogens with zero attached hydrogens (tertiary/aromatic N) is 1. The Balaban J connectivity index is 2.58. The van der Waals surface area contributed by atoms with Gasteiger partial charge in [0, 0.05) is 24.8 Å². The average molecular weight is 248 g/mol. The molecule has 1 amide bonds. The third-order valence-corrected chi connectivity index (χ3v) is 2.34. The minimum absolute atomic E-state index is 0.0172. The zero-order valence-electron chi connectivity index (χ0n) is 10.3. The molecule has 5 heteroatoms. The molecule has 0 unspecified atom stereocenters. The number of carbonyl (C=O) groups is 1. The lowest BCUT2D eigenvalue weighted by atomic mass is 10.2. The summed E-state index contributed by atoms with van der Waals surface area (Å²) in [7, 11) is 0. The van der Waals surface area contributed by atoms with Crippen LogP contribution in [-0.4, -0.2) is 17.4 Å². The molecule has 0 fully saturated rings. The molecule has 5 nitrogen and oxygen atoms in total. The molecule has 0 aliphatic carbocycles. The number of nitrogens with one attached hydrogen (secondary N) is 1. The predicted molar refractivity (Wildman–Crippen MR) is 70.0 cm³/mol. The van der Waals surface area contributed by atoms with E-state index in [2.05, 4.69) is 5.32 Å². The molecule has 1 aromatic carbocycles. The maximum absolute atomic E-state index is 11.4. The van der Waals surface area contributed by atoms with Crippen LogP contribution in [-0.2, 0) is 4.79 Å². The molecule has 18 heavy (non-hydrogen) atoms. The van der Waals surface area contributed by atoms with Crippen molar-refractivity contribution in [3.63, 3.8) is 0 Å². The molecule has 0 aliphatic heterocycles. The van der Waals surface area contributed by atoms with E-state index in [4.69, 9.17) is 0 Å². The summed E-state index contributed by atoms with van der Waals surface area (Å²) < 4.78 is 0. The van der Waals surface area contributed by atoms with Gasteiger partial charge in [-0.15, -0.1) is 0 Å². The molecule has 1 N–H and O–H groups in total. The molecule has 0 spiro atoms. The zero-order chi connectivity index (χ0) is 13.4. The second-order valence-electron chi connectivity index (χ2n) is 3.83. The molecule has 0 radical (unpaired) electrons. The number of benzene rings is 1. The summed E-state index contributed by atoms with van der Waals surface area (Å²) in [5.74, 6) is -0.185. The molecule has 0 atom stereocenters. The second-order valence-corrected chi connectivity index (χ2v) is 3.83. The number of rotatable bonds is 6. The molecule has 0 aromatic heterocycles. The summed E-state index contributed by atoms with van der Waals surface area (Å²) >= 11 is 0. The van der Waals surface area contributed by atoms with E-state index >= 15 is 0 Å². The molecular weight excluding hydrogens is 232 g/mol. The van der Waals surface area contributed by atoms with Crippen LogP contribution in [0.15, 0.2) is 30.3 Å². The summed E-state index contributed by atoms with van der Waals surface area (Å²) in [4.78, 5) is 21.5. The Morgan fingerprint density at radius 1 is 1.50 bits per heavy atom. The molecule has 1 aromatic rings. The first kappa shape index (κ1) is 13.9. The predicted octanol–water partition coefficient (Wildman–Crippen LogP) is 2.52. The lowest BCUT2D eigenvalue weighted by molar-refractivity contribution is -0.384. The number of nitro benzene ring substituents is 1. The third-order valence-electron chi connectivity index (χ3n) is 2.34. The maximum Gasteiger partial charge on any atom is 0.270 e. The molecule has 0 saturated heterocycles. The summed E-state index contributed by atoms with van der Waals surface area (Å²) in [6.07, 6.45) is 4.91. The fourth-order valence-electron chi connectivity index (χ4n) is 1.36. The van der Waals surface area contributed by atoms with Crippen LogP contribution in [0.4, 0.5) is 5.69 Å². The van der Waals surface area contributed by atoms with E-state index < -0.39 is 4.92 Å². The second kappa shape index (κ2) is 7.21. The highest BCUT2D eigenvalue weighted by Crippen LogP contribution is 2.13. The van der Waals surface area contributed by atoms with Crippen molar-refractivity contribution in [3.8, 4) is 0 Å². The number of carbonyl (C=O) groups excluding carboxylic acids is 1. The van der Waals surface area contributed by atoms with Crippen molar-refractivity contribution in [2.24, 2.45) is 0 Å². The van der Waals surface area contributed by atoms with E-state index in [0.29, 0.717) is 12.1 Å². The van der Waals surface area contributed by atoms with E-state index in [1.54, 1.807) is 18.2 Å². The monoisotopic (exact) mass is 248 g/mol. The Morgan fingerprint density at radius 3 is 2.94 bits per heavy atom. The van der Waals surface area contributed by atoms with Gasteiger partial charge < -0.3 is 5.32 Å². The van der Waals surface area contributed by atoms with Crippen molar-refractivity contribution in [2.45, 2.75) is 19.8 Å². The van der Waals surface area contributed by atoms with Crippen molar-refractivity contribution >= 4 is 17.7 Å². The van der Waals surface area contributed by atoms with E-state index in [1.807, 2.05) is 6.92 Å². The van der Waals surface area contributed by atoms with E-state index in [-0.39, 0.29) is 11.6 Å². The first-order chi connectivity index (χ1) is 8.63. The van der Waals surface area contributed by atoms with E-state index in [0.717, 1.165) is 12.8 Å². The summed E-state index contributed by atoms with van der Waals surface area (Å²) in [5, 5.41) is 13.3.